The predicted octanol–water partition coefficient (Wildman–Crippen LogP) is -1.82. The van der Waals surface area contributed by atoms with Crippen LogP contribution >= 0.6 is 0 Å². The average molecular weight is 478 g/mol. The van der Waals surface area contributed by atoms with Crippen molar-refractivity contribution in [2.75, 3.05) is 28.2 Å². The van der Waals surface area contributed by atoms with Crippen LogP contribution in [-0.4, -0.2) is 37.2 Å². The van der Waals surface area contributed by atoms with E-state index in [0.29, 0.717) is 0 Å². The van der Waals surface area contributed by atoms with Crippen molar-refractivity contribution in [3.63, 3.8) is 0 Å². The molecule has 0 atom stereocenters. The second kappa shape index (κ2) is 6.30. The third-order valence-corrected chi connectivity index (χ3v) is 5.87. The second-order valence-electron chi connectivity index (χ2n) is 9.25. The van der Waals surface area contributed by atoms with Crippen molar-refractivity contribution in [1.82, 2.24) is 0 Å². The van der Waals surface area contributed by atoms with Crippen LogP contribution in [0.25, 0.3) is 21.5 Å². The number of fused-ring (bicyclic) bond motifs is 5. The van der Waals surface area contributed by atoms with Gasteiger partial charge in [0.1, 0.15) is 26.2 Å². The van der Waals surface area contributed by atoms with Crippen LogP contribution in [0.2, 0.25) is 0 Å². The van der Waals surface area contributed by atoms with E-state index < -0.39 is 0 Å². The van der Waals surface area contributed by atoms with Gasteiger partial charge in [-0.25, -0.2) is 0 Å². The van der Waals surface area contributed by atoms with Gasteiger partial charge in [-0.15, -0.1) is 0 Å². The zero-order valence-electron chi connectivity index (χ0n) is 15.9. The number of hydrogen-bond acceptors (Lipinski definition) is 0. The number of halogens is 2. The molecule has 3 aromatic rings. The molecule has 2 aliphatic rings. The largest absolute Gasteiger partial charge is 1.00 e. The van der Waals surface area contributed by atoms with E-state index in [1.807, 2.05) is 0 Å². The summed E-state index contributed by atoms with van der Waals surface area (Å²) in [6, 6.07) is 14.5. The van der Waals surface area contributed by atoms with Gasteiger partial charge in [-0.1, -0.05) is 12.1 Å². The molecule has 4 heteroatoms. The summed E-state index contributed by atoms with van der Waals surface area (Å²) in [5.74, 6) is 0. The molecule has 0 bridgehead atoms. The minimum Gasteiger partial charge on any atom is -1.00 e. The molecule has 2 aliphatic heterocycles. The monoisotopic (exact) mass is 476 g/mol. The molecule has 2 heterocycles. The van der Waals surface area contributed by atoms with Crippen molar-refractivity contribution < 1.29 is 42.9 Å². The smallest absolute Gasteiger partial charge is 0.105 e. The normalized spacial score (nSPS) is 18.9. The fourth-order valence-electron chi connectivity index (χ4n) is 4.88. The first-order valence-corrected chi connectivity index (χ1v) is 8.94. The summed E-state index contributed by atoms with van der Waals surface area (Å²) in [7, 11) is 9.32. The van der Waals surface area contributed by atoms with Crippen molar-refractivity contribution in [2.45, 2.75) is 26.2 Å². The second-order valence-corrected chi connectivity index (χ2v) is 9.25. The van der Waals surface area contributed by atoms with Crippen molar-refractivity contribution in [3.05, 3.63) is 58.7 Å². The molecule has 0 fully saturated rings. The SMILES string of the molecule is C[N+]1(C)Cc2cc3ccc4cc5c(cc4c3cc2C1)C[N+](C)(C)C5.[Br-].[Br-]. The minimum atomic E-state index is 0. The summed E-state index contributed by atoms with van der Waals surface area (Å²) in [5.41, 5.74) is 6.14. The molecule has 0 N–H and O–H groups in total. The molecular formula is C22H26Br2N2. The summed E-state index contributed by atoms with van der Waals surface area (Å²) >= 11 is 0. The van der Waals surface area contributed by atoms with Gasteiger partial charge in [0.25, 0.3) is 0 Å². The summed E-state index contributed by atoms with van der Waals surface area (Å²) in [5, 5.41) is 5.67. The third-order valence-electron chi connectivity index (χ3n) is 5.87. The van der Waals surface area contributed by atoms with Gasteiger partial charge in [0.05, 0.1) is 28.2 Å². The van der Waals surface area contributed by atoms with Gasteiger partial charge in [-0.3, -0.25) is 0 Å². The summed E-state index contributed by atoms with van der Waals surface area (Å²) in [6.07, 6.45) is 0. The number of hydrogen-bond donors (Lipinski definition) is 0. The molecule has 26 heavy (non-hydrogen) atoms. The van der Waals surface area contributed by atoms with Gasteiger partial charge in [0.15, 0.2) is 0 Å². The topological polar surface area (TPSA) is 0 Å². The van der Waals surface area contributed by atoms with Crippen molar-refractivity contribution in [2.24, 2.45) is 0 Å². The molecule has 2 nitrogen and oxygen atoms in total. The van der Waals surface area contributed by atoms with Crippen LogP contribution in [-0.2, 0) is 26.2 Å². The van der Waals surface area contributed by atoms with Crippen molar-refractivity contribution >= 4 is 21.5 Å². The van der Waals surface area contributed by atoms with Crippen LogP contribution in [0.15, 0.2) is 36.4 Å². The van der Waals surface area contributed by atoms with E-state index in [4.69, 9.17) is 0 Å². The zero-order chi connectivity index (χ0) is 16.7. The number of benzene rings is 3. The molecule has 5 rings (SSSR count). The van der Waals surface area contributed by atoms with E-state index in [9.17, 15) is 0 Å². The Kier molecular flexibility index (Phi) is 4.80. The Balaban J connectivity index is 0.000000980. The highest BCUT2D eigenvalue weighted by molar-refractivity contribution is 6.08. The molecule has 0 saturated carbocycles. The molecule has 0 saturated heterocycles. The van der Waals surface area contributed by atoms with Gasteiger partial charge >= 0.3 is 0 Å². The van der Waals surface area contributed by atoms with E-state index in [1.54, 1.807) is 0 Å². The minimum absolute atomic E-state index is 0. The Hall–Kier alpha value is -0.940. The van der Waals surface area contributed by atoms with Crippen LogP contribution in [0.3, 0.4) is 0 Å². The summed E-state index contributed by atoms with van der Waals surface area (Å²) < 4.78 is 2.15. The van der Waals surface area contributed by atoms with Gasteiger partial charge in [0.2, 0.25) is 0 Å². The number of nitrogens with zero attached hydrogens (tertiary/aromatic N) is 2. The lowest BCUT2D eigenvalue weighted by Crippen LogP contribution is -3.00. The molecule has 0 radical (unpaired) electrons. The van der Waals surface area contributed by atoms with E-state index in [2.05, 4.69) is 64.6 Å². The van der Waals surface area contributed by atoms with E-state index in [-0.39, 0.29) is 34.0 Å². The Bertz CT molecular complexity index is 939. The van der Waals surface area contributed by atoms with Crippen LogP contribution < -0.4 is 34.0 Å². The molecule has 0 amide bonds. The summed E-state index contributed by atoms with van der Waals surface area (Å²) in [6.45, 7) is 4.60. The lowest BCUT2D eigenvalue weighted by atomic mass is 9.95. The molecule has 138 valence electrons. The zero-order valence-corrected chi connectivity index (χ0v) is 19.1. The van der Waals surface area contributed by atoms with E-state index >= 15 is 0 Å². The Morgan fingerprint density at radius 2 is 0.846 bits per heavy atom. The van der Waals surface area contributed by atoms with E-state index in [0.717, 1.165) is 35.1 Å². The first-order chi connectivity index (χ1) is 11.3. The van der Waals surface area contributed by atoms with Crippen LogP contribution in [0, 0.1) is 0 Å². The van der Waals surface area contributed by atoms with Crippen LogP contribution in [0.1, 0.15) is 22.3 Å². The van der Waals surface area contributed by atoms with Gasteiger partial charge in [-0.2, -0.15) is 0 Å². The highest BCUT2D eigenvalue weighted by Crippen LogP contribution is 2.37. The van der Waals surface area contributed by atoms with E-state index in [1.165, 1.54) is 43.8 Å². The average Bonchev–Trinajstić information content (AvgIpc) is 2.94. The fourth-order valence-corrected chi connectivity index (χ4v) is 4.88. The summed E-state index contributed by atoms with van der Waals surface area (Å²) in [4.78, 5) is 0. The molecule has 0 spiro atoms. The molecule has 0 aromatic heterocycles. The first kappa shape index (κ1) is 19.8. The highest BCUT2D eigenvalue weighted by Gasteiger charge is 2.30. The van der Waals surface area contributed by atoms with Crippen molar-refractivity contribution in [1.29, 1.82) is 0 Å². The van der Waals surface area contributed by atoms with Crippen LogP contribution in [0.5, 0.6) is 0 Å². The maximum Gasteiger partial charge on any atom is 0.105 e. The number of rotatable bonds is 0. The molecule has 0 unspecified atom stereocenters. The Morgan fingerprint density at radius 1 is 0.538 bits per heavy atom. The van der Waals surface area contributed by atoms with Gasteiger partial charge < -0.3 is 42.9 Å². The Labute approximate surface area is 177 Å². The maximum absolute atomic E-state index is 2.47. The third kappa shape index (κ3) is 3.11. The van der Waals surface area contributed by atoms with Gasteiger partial charge in [-0.05, 0) is 45.8 Å². The van der Waals surface area contributed by atoms with Crippen LogP contribution in [0.4, 0.5) is 0 Å². The predicted molar refractivity (Wildman–Crippen MR) is 100 cm³/mol. The number of quaternary nitrogens is 2. The lowest BCUT2D eigenvalue weighted by Gasteiger charge is -2.22. The fraction of sp³-hybridized carbons (Fsp3) is 0.364. The highest BCUT2D eigenvalue weighted by atomic mass is 79.9. The first-order valence-electron chi connectivity index (χ1n) is 8.94. The van der Waals surface area contributed by atoms with Gasteiger partial charge in [0, 0.05) is 22.3 Å². The quantitative estimate of drug-likeness (QED) is 0.264. The molecule has 0 aliphatic carbocycles. The maximum atomic E-state index is 2.47. The lowest BCUT2D eigenvalue weighted by molar-refractivity contribution is -0.910. The molecule has 3 aromatic carbocycles. The van der Waals surface area contributed by atoms with Crippen molar-refractivity contribution in [3.8, 4) is 0 Å². The molecular weight excluding hydrogens is 452 g/mol. The Morgan fingerprint density at radius 3 is 1.19 bits per heavy atom. The standard InChI is InChI=1S/C22H26N2.2BrH/c1-23(2)11-17-7-15-5-6-16-8-18-12-24(3,4)14-20(18)10-22(16)21(15)9-19(17)13-23;;/h5-10H,11-14H2,1-4H3;2*1H/q+2;;/p-2.